The zero-order valence-electron chi connectivity index (χ0n) is 16.0. The lowest BCUT2D eigenvalue weighted by atomic mass is 10.1. The summed E-state index contributed by atoms with van der Waals surface area (Å²) in [5.41, 5.74) is 1.38. The Morgan fingerprint density at radius 2 is 1.71 bits per heavy atom. The number of hydrogen-bond donors (Lipinski definition) is 1. The van der Waals surface area contributed by atoms with Crippen molar-refractivity contribution in [1.29, 1.82) is 0 Å². The lowest BCUT2D eigenvalue weighted by Crippen LogP contribution is -2.48. The summed E-state index contributed by atoms with van der Waals surface area (Å²) in [5, 5.41) is 2.65. The number of anilines is 1. The third-order valence-corrected chi connectivity index (χ3v) is 6.43. The number of hydrogen-bond acceptors (Lipinski definition) is 4. The molecule has 1 N–H and O–H groups in total. The fraction of sp³-hybridized carbons (Fsp3) is 0.350. The molecule has 2 atom stereocenters. The highest BCUT2D eigenvalue weighted by molar-refractivity contribution is 7.89. The molecule has 1 aliphatic rings. The van der Waals surface area contributed by atoms with Crippen molar-refractivity contribution in [1.82, 2.24) is 4.31 Å². The van der Waals surface area contributed by atoms with E-state index in [0.717, 1.165) is 5.56 Å². The second-order valence-corrected chi connectivity index (χ2v) is 8.96. The molecule has 0 aliphatic carbocycles. The number of halogens is 1. The summed E-state index contributed by atoms with van der Waals surface area (Å²) in [6.07, 6.45) is -0.365. The van der Waals surface area contributed by atoms with Crippen molar-refractivity contribution in [2.75, 3.05) is 18.4 Å². The van der Waals surface area contributed by atoms with E-state index < -0.39 is 21.7 Å². The smallest absolute Gasteiger partial charge is 0.255 e. The largest absolute Gasteiger partial charge is 0.373 e. The van der Waals surface area contributed by atoms with Gasteiger partial charge in [0.15, 0.2) is 0 Å². The van der Waals surface area contributed by atoms with Crippen molar-refractivity contribution in [3.63, 3.8) is 0 Å². The summed E-state index contributed by atoms with van der Waals surface area (Å²) < 4.78 is 46.1. The van der Waals surface area contributed by atoms with Crippen molar-refractivity contribution in [2.45, 2.75) is 37.9 Å². The predicted octanol–water partition coefficient (Wildman–Crippen LogP) is 3.18. The molecule has 1 saturated heterocycles. The second-order valence-electron chi connectivity index (χ2n) is 7.02. The first-order valence-corrected chi connectivity index (χ1v) is 10.4. The molecule has 150 valence electrons. The predicted molar refractivity (Wildman–Crippen MR) is 104 cm³/mol. The lowest BCUT2D eigenvalue weighted by molar-refractivity contribution is -0.0440. The number of sulfonamides is 1. The van der Waals surface area contributed by atoms with E-state index in [-0.39, 0.29) is 35.8 Å². The van der Waals surface area contributed by atoms with Gasteiger partial charge < -0.3 is 10.1 Å². The quantitative estimate of drug-likeness (QED) is 0.846. The van der Waals surface area contributed by atoms with Crippen molar-refractivity contribution < 1.29 is 22.3 Å². The standard InChI is InChI=1S/C20H23FN2O4S/c1-13-4-7-17(21)10-19(13)22-20(24)16-5-8-18(9-6-16)28(25,26)23-11-14(2)27-15(3)12-23/h4-10,14-15H,11-12H2,1-3H3,(H,22,24)/t14-,15-/m1/s1. The van der Waals surface area contributed by atoms with Crippen molar-refractivity contribution in [3.05, 3.63) is 59.4 Å². The Morgan fingerprint density at radius 3 is 2.32 bits per heavy atom. The Balaban J connectivity index is 1.77. The topological polar surface area (TPSA) is 75.7 Å². The van der Waals surface area contributed by atoms with Crippen LogP contribution in [-0.2, 0) is 14.8 Å². The van der Waals surface area contributed by atoms with Crippen molar-refractivity contribution in [3.8, 4) is 0 Å². The van der Waals surface area contributed by atoms with Crippen LogP contribution >= 0.6 is 0 Å². The third-order valence-electron chi connectivity index (χ3n) is 4.59. The lowest BCUT2D eigenvalue weighted by Gasteiger charge is -2.34. The molecule has 1 amide bonds. The minimum atomic E-state index is -3.67. The van der Waals surface area contributed by atoms with Gasteiger partial charge in [-0.2, -0.15) is 4.31 Å². The second kappa shape index (κ2) is 7.98. The Bertz CT molecular complexity index is 966. The molecule has 2 aromatic rings. The Labute approximate surface area is 164 Å². The minimum Gasteiger partial charge on any atom is -0.373 e. The van der Waals surface area contributed by atoms with Gasteiger partial charge in [0.25, 0.3) is 5.91 Å². The summed E-state index contributed by atoms with van der Waals surface area (Å²) in [7, 11) is -3.67. The van der Waals surface area contributed by atoms with Crippen LogP contribution in [0.5, 0.6) is 0 Å². The first kappa shape index (κ1) is 20.4. The zero-order valence-corrected chi connectivity index (χ0v) is 16.8. The molecular formula is C20H23FN2O4S. The molecule has 1 fully saturated rings. The van der Waals surface area contributed by atoms with Gasteiger partial charge in [0.1, 0.15) is 5.82 Å². The molecule has 0 saturated carbocycles. The molecule has 6 nitrogen and oxygen atoms in total. The number of amides is 1. The summed E-state index contributed by atoms with van der Waals surface area (Å²) in [4.78, 5) is 12.5. The molecule has 1 heterocycles. The van der Waals surface area contributed by atoms with E-state index >= 15 is 0 Å². The normalized spacial score (nSPS) is 20.7. The molecule has 28 heavy (non-hydrogen) atoms. The molecule has 8 heteroatoms. The van der Waals surface area contributed by atoms with Crippen LogP contribution in [0.1, 0.15) is 29.8 Å². The molecule has 3 rings (SSSR count). The number of carbonyl (C=O) groups is 1. The Morgan fingerprint density at radius 1 is 1.11 bits per heavy atom. The van der Waals surface area contributed by atoms with Gasteiger partial charge in [-0.1, -0.05) is 6.07 Å². The molecule has 0 radical (unpaired) electrons. The average molecular weight is 406 g/mol. The van der Waals surface area contributed by atoms with Gasteiger partial charge in [0.05, 0.1) is 17.1 Å². The van der Waals surface area contributed by atoms with Gasteiger partial charge in [-0.05, 0) is 62.7 Å². The summed E-state index contributed by atoms with van der Waals surface area (Å²) in [6, 6.07) is 9.85. The van der Waals surface area contributed by atoms with E-state index in [1.165, 1.54) is 40.7 Å². The summed E-state index contributed by atoms with van der Waals surface area (Å²) >= 11 is 0. The average Bonchev–Trinajstić information content (AvgIpc) is 2.64. The number of ether oxygens (including phenoxy) is 1. The van der Waals surface area contributed by atoms with Gasteiger partial charge in [-0.15, -0.1) is 0 Å². The number of morpholine rings is 1. The molecule has 0 spiro atoms. The number of nitrogens with one attached hydrogen (secondary N) is 1. The maximum atomic E-state index is 13.4. The highest BCUT2D eigenvalue weighted by Gasteiger charge is 2.32. The third kappa shape index (κ3) is 4.40. The minimum absolute atomic E-state index is 0.118. The zero-order chi connectivity index (χ0) is 20.5. The van der Waals surface area contributed by atoms with Gasteiger partial charge >= 0.3 is 0 Å². The number of rotatable bonds is 4. The van der Waals surface area contributed by atoms with Crippen LogP contribution < -0.4 is 5.32 Å². The van der Waals surface area contributed by atoms with Crippen LogP contribution in [0, 0.1) is 12.7 Å². The number of benzene rings is 2. The van der Waals surface area contributed by atoms with Crippen LogP contribution in [0.4, 0.5) is 10.1 Å². The van der Waals surface area contributed by atoms with E-state index in [1.807, 2.05) is 13.8 Å². The molecule has 0 unspecified atom stereocenters. The molecule has 2 aromatic carbocycles. The van der Waals surface area contributed by atoms with Crippen LogP contribution in [-0.4, -0.2) is 43.9 Å². The summed E-state index contributed by atoms with van der Waals surface area (Å²) in [5.74, 6) is -0.887. The molecule has 0 bridgehead atoms. The molecular weight excluding hydrogens is 383 g/mol. The number of aryl methyl sites for hydroxylation is 1. The van der Waals surface area contributed by atoms with Gasteiger partial charge in [-0.25, -0.2) is 12.8 Å². The van der Waals surface area contributed by atoms with Crippen molar-refractivity contribution >= 4 is 21.6 Å². The Kier molecular flexibility index (Phi) is 5.83. The Hall–Kier alpha value is -2.29. The van der Waals surface area contributed by atoms with Gasteiger partial charge in [-0.3, -0.25) is 4.79 Å². The maximum Gasteiger partial charge on any atom is 0.255 e. The van der Waals surface area contributed by atoms with Crippen LogP contribution in [0.15, 0.2) is 47.4 Å². The van der Waals surface area contributed by atoms with Crippen molar-refractivity contribution in [2.24, 2.45) is 0 Å². The molecule has 0 aromatic heterocycles. The number of nitrogens with zero attached hydrogens (tertiary/aromatic N) is 1. The molecule has 1 aliphatic heterocycles. The SMILES string of the molecule is Cc1ccc(F)cc1NC(=O)c1ccc(S(=O)(=O)N2C[C@@H](C)O[C@H](C)C2)cc1. The first-order chi connectivity index (χ1) is 13.2. The van der Waals surface area contributed by atoms with E-state index in [9.17, 15) is 17.6 Å². The first-order valence-electron chi connectivity index (χ1n) is 9.00. The van der Waals surface area contributed by atoms with E-state index in [1.54, 1.807) is 13.0 Å². The van der Waals surface area contributed by atoms with E-state index in [0.29, 0.717) is 5.69 Å². The van der Waals surface area contributed by atoms with E-state index in [2.05, 4.69) is 5.32 Å². The fourth-order valence-corrected chi connectivity index (χ4v) is 4.77. The maximum absolute atomic E-state index is 13.4. The highest BCUT2D eigenvalue weighted by atomic mass is 32.2. The van der Waals surface area contributed by atoms with Crippen LogP contribution in [0.2, 0.25) is 0 Å². The van der Waals surface area contributed by atoms with Crippen LogP contribution in [0.3, 0.4) is 0 Å². The van der Waals surface area contributed by atoms with E-state index in [4.69, 9.17) is 4.74 Å². The monoisotopic (exact) mass is 406 g/mol. The van der Waals surface area contributed by atoms with Gasteiger partial charge in [0, 0.05) is 24.3 Å². The highest BCUT2D eigenvalue weighted by Crippen LogP contribution is 2.22. The number of carbonyl (C=O) groups excluding carboxylic acids is 1. The summed E-state index contributed by atoms with van der Waals surface area (Å²) in [6.45, 7) is 6.00. The van der Waals surface area contributed by atoms with Crippen LogP contribution in [0.25, 0.3) is 0 Å². The van der Waals surface area contributed by atoms with Gasteiger partial charge in [0.2, 0.25) is 10.0 Å². The fourth-order valence-electron chi connectivity index (χ4n) is 3.18.